The number of carbonyl (C=O) groups is 2. The summed E-state index contributed by atoms with van der Waals surface area (Å²) < 4.78 is 32.9. The third kappa shape index (κ3) is 52.2. The third-order valence-corrected chi connectivity index (χ3v) is 11.9. The average molecular weight is 956 g/mol. The highest BCUT2D eigenvalue weighted by Gasteiger charge is 2.26. The summed E-state index contributed by atoms with van der Waals surface area (Å²) in [6.07, 6.45) is 69.0. The number of hydrogen-bond acceptors (Lipinski definition) is 8. The predicted octanol–water partition coefficient (Wildman–Crippen LogP) is 16.5. The molecule has 3 N–H and O–H groups in total. The van der Waals surface area contributed by atoms with Crippen LogP contribution in [0.4, 0.5) is 0 Å². The number of nitrogens with two attached hydrogens (primary N) is 1. The fourth-order valence-corrected chi connectivity index (χ4v) is 7.85. The number of phosphoric ester groups is 1. The quantitative estimate of drug-likeness (QED) is 0.0264. The van der Waals surface area contributed by atoms with Crippen LogP contribution in [0.2, 0.25) is 0 Å². The number of esters is 2. The maximum Gasteiger partial charge on any atom is 0.472 e. The van der Waals surface area contributed by atoms with E-state index in [1.807, 2.05) is 0 Å². The SMILES string of the molecule is CC/C=C\C/C=C\C/C=C\C/C=C\C/C=C\CCCCCCCCCCCCCCCCCCCC(=O)OC(COC(=O)CCCCC/C=C\C/C=C\C/C=C\CC)COP(=O)(O)OCCN. The van der Waals surface area contributed by atoms with Crippen LogP contribution in [0.15, 0.2) is 97.2 Å². The molecule has 0 aliphatic heterocycles. The van der Waals surface area contributed by atoms with Crippen LogP contribution in [0, 0.1) is 0 Å². The van der Waals surface area contributed by atoms with Gasteiger partial charge in [0.2, 0.25) is 0 Å². The minimum Gasteiger partial charge on any atom is -0.462 e. The number of carbonyl (C=O) groups excluding carboxylic acids is 2. The van der Waals surface area contributed by atoms with Crippen molar-refractivity contribution in [2.45, 2.75) is 225 Å². The molecule has 0 fully saturated rings. The van der Waals surface area contributed by atoms with E-state index in [9.17, 15) is 19.0 Å². The van der Waals surface area contributed by atoms with Gasteiger partial charge >= 0.3 is 19.8 Å². The summed E-state index contributed by atoms with van der Waals surface area (Å²) in [5, 5.41) is 0. The molecule has 10 heteroatoms. The largest absolute Gasteiger partial charge is 0.472 e. The topological polar surface area (TPSA) is 134 Å². The minimum absolute atomic E-state index is 0.0460. The highest BCUT2D eigenvalue weighted by atomic mass is 31.2. The summed E-state index contributed by atoms with van der Waals surface area (Å²) >= 11 is 0. The van der Waals surface area contributed by atoms with Crippen LogP contribution in [0.5, 0.6) is 0 Å². The lowest BCUT2D eigenvalue weighted by Gasteiger charge is -2.19. The number of allylic oxidation sites excluding steroid dienone is 16. The van der Waals surface area contributed by atoms with E-state index in [1.165, 1.54) is 89.9 Å². The van der Waals surface area contributed by atoms with Gasteiger partial charge in [0.25, 0.3) is 0 Å². The second-order valence-electron chi connectivity index (χ2n) is 17.3. The van der Waals surface area contributed by atoms with Gasteiger partial charge in [-0.25, -0.2) is 4.57 Å². The molecule has 0 radical (unpaired) electrons. The summed E-state index contributed by atoms with van der Waals surface area (Å²) in [6, 6.07) is 0. The van der Waals surface area contributed by atoms with Crippen molar-refractivity contribution in [2.24, 2.45) is 5.73 Å². The predicted molar refractivity (Wildman–Crippen MR) is 284 cm³/mol. The van der Waals surface area contributed by atoms with E-state index in [1.54, 1.807) is 0 Å². The molecule has 9 nitrogen and oxygen atoms in total. The first-order chi connectivity index (χ1) is 32.8. The average Bonchev–Trinajstić information content (AvgIpc) is 3.32. The molecule has 0 saturated heterocycles. The van der Waals surface area contributed by atoms with E-state index in [4.69, 9.17) is 24.3 Å². The molecule has 0 bridgehead atoms. The highest BCUT2D eigenvalue weighted by molar-refractivity contribution is 7.47. The zero-order chi connectivity index (χ0) is 48.8. The molecule has 0 aromatic heterocycles. The number of ether oxygens (including phenoxy) is 2. The summed E-state index contributed by atoms with van der Waals surface area (Å²) in [4.78, 5) is 35.0. The van der Waals surface area contributed by atoms with Crippen LogP contribution in [-0.4, -0.2) is 49.3 Å². The van der Waals surface area contributed by atoms with Crippen molar-refractivity contribution in [1.82, 2.24) is 0 Å². The number of phosphoric acid groups is 1. The molecule has 384 valence electrons. The normalized spacial score (nSPS) is 13.9. The van der Waals surface area contributed by atoms with E-state index in [0.717, 1.165) is 89.9 Å². The van der Waals surface area contributed by atoms with E-state index >= 15 is 0 Å². The molecule has 0 aliphatic carbocycles. The molecule has 0 spiro atoms. The van der Waals surface area contributed by atoms with Gasteiger partial charge in [0, 0.05) is 19.4 Å². The Balaban J connectivity index is 3.92. The highest BCUT2D eigenvalue weighted by Crippen LogP contribution is 2.43. The van der Waals surface area contributed by atoms with E-state index in [-0.39, 0.29) is 32.6 Å². The monoisotopic (exact) mass is 956 g/mol. The Morgan fingerprint density at radius 1 is 0.448 bits per heavy atom. The molecule has 0 amide bonds. The summed E-state index contributed by atoms with van der Waals surface area (Å²) in [5.74, 6) is -0.864. The standard InChI is InChI=1S/C57H98NO8P/c1-3-5-7-9-11-13-15-17-18-19-20-21-22-23-24-25-26-27-28-29-30-31-32-33-34-35-36-38-40-42-44-46-48-50-57(60)66-55(54-65-67(61,62)64-52-51-58)53-63-56(59)49-47-45-43-41-39-37-16-14-12-10-8-6-4-2/h5-8,11-14,17-18,20-21,23-24,37,39,55H,3-4,9-10,15-16,19,22,25-36,38,40-54,58H2,1-2H3,(H,61,62)/b7-5-,8-6-,13-11-,14-12-,18-17-,21-20-,24-23-,39-37-. The lowest BCUT2D eigenvalue weighted by atomic mass is 10.0. The van der Waals surface area contributed by atoms with Crippen LogP contribution >= 0.6 is 7.82 Å². The van der Waals surface area contributed by atoms with Crippen molar-refractivity contribution in [3.05, 3.63) is 97.2 Å². The van der Waals surface area contributed by atoms with Crippen molar-refractivity contribution >= 4 is 19.8 Å². The Morgan fingerprint density at radius 2 is 0.776 bits per heavy atom. The Morgan fingerprint density at radius 3 is 1.16 bits per heavy atom. The summed E-state index contributed by atoms with van der Waals surface area (Å²) in [6.45, 7) is 3.47. The fourth-order valence-electron chi connectivity index (χ4n) is 7.09. The smallest absolute Gasteiger partial charge is 0.462 e. The van der Waals surface area contributed by atoms with E-state index in [2.05, 4.69) is 111 Å². The molecule has 0 saturated carbocycles. The number of unbranched alkanes of at least 4 members (excludes halogenated alkanes) is 20. The van der Waals surface area contributed by atoms with Gasteiger partial charge in [-0.05, 0) is 89.9 Å². The van der Waals surface area contributed by atoms with E-state index in [0.29, 0.717) is 12.8 Å². The van der Waals surface area contributed by atoms with Crippen LogP contribution < -0.4 is 5.73 Å². The molecule has 0 aromatic rings. The zero-order valence-electron chi connectivity index (χ0n) is 42.6. The Bertz CT molecular complexity index is 1410. The third-order valence-electron chi connectivity index (χ3n) is 11.0. The van der Waals surface area contributed by atoms with Crippen LogP contribution in [-0.2, 0) is 32.7 Å². The van der Waals surface area contributed by atoms with Gasteiger partial charge in [-0.3, -0.25) is 18.6 Å². The Labute approximate surface area is 410 Å². The second-order valence-corrected chi connectivity index (χ2v) is 18.8. The van der Waals surface area contributed by atoms with Crippen molar-refractivity contribution in [2.75, 3.05) is 26.4 Å². The van der Waals surface area contributed by atoms with Gasteiger partial charge in [-0.2, -0.15) is 0 Å². The van der Waals surface area contributed by atoms with Crippen LogP contribution in [0.3, 0.4) is 0 Å². The van der Waals surface area contributed by atoms with Crippen molar-refractivity contribution in [3.63, 3.8) is 0 Å². The van der Waals surface area contributed by atoms with E-state index < -0.39 is 32.5 Å². The van der Waals surface area contributed by atoms with Gasteiger partial charge in [0.1, 0.15) is 6.61 Å². The van der Waals surface area contributed by atoms with Crippen LogP contribution in [0.1, 0.15) is 219 Å². The molecule has 0 heterocycles. The lowest BCUT2D eigenvalue weighted by Crippen LogP contribution is -2.29. The first kappa shape index (κ1) is 63.9. The maximum atomic E-state index is 12.7. The molecule has 0 rings (SSSR count). The molecule has 67 heavy (non-hydrogen) atoms. The first-order valence-corrected chi connectivity index (χ1v) is 28.2. The van der Waals surface area contributed by atoms with Gasteiger partial charge in [0.05, 0.1) is 13.2 Å². The van der Waals surface area contributed by atoms with Crippen molar-refractivity contribution < 1.29 is 37.6 Å². The zero-order valence-corrected chi connectivity index (χ0v) is 43.5. The lowest BCUT2D eigenvalue weighted by molar-refractivity contribution is -0.161. The summed E-state index contributed by atoms with van der Waals surface area (Å²) in [5.41, 5.74) is 5.36. The maximum absolute atomic E-state index is 12.7. The first-order valence-electron chi connectivity index (χ1n) is 26.7. The molecule has 0 aromatic carbocycles. The van der Waals surface area contributed by atoms with Gasteiger partial charge in [0.15, 0.2) is 6.10 Å². The fraction of sp³-hybridized carbons (Fsp3) is 0.684. The molecular weight excluding hydrogens is 858 g/mol. The van der Waals surface area contributed by atoms with Gasteiger partial charge in [-0.15, -0.1) is 0 Å². The second kappa shape index (κ2) is 52.3. The van der Waals surface area contributed by atoms with Gasteiger partial charge < -0.3 is 20.1 Å². The van der Waals surface area contributed by atoms with Crippen molar-refractivity contribution in [3.8, 4) is 0 Å². The molecule has 0 aliphatic rings. The molecular formula is C57H98NO8P. The molecule has 2 atom stereocenters. The van der Waals surface area contributed by atoms with Crippen LogP contribution in [0.25, 0.3) is 0 Å². The number of hydrogen-bond donors (Lipinski definition) is 2. The van der Waals surface area contributed by atoms with Gasteiger partial charge in [-0.1, -0.05) is 214 Å². The number of rotatable bonds is 49. The Kier molecular flexibility index (Phi) is 49.9. The summed E-state index contributed by atoms with van der Waals surface area (Å²) in [7, 11) is -4.39. The minimum atomic E-state index is -4.39. The van der Waals surface area contributed by atoms with Crippen molar-refractivity contribution in [1.29, 1.82) is 0 Å². The Hall–Kier alpha value is -3.07. The molecule has 2 unspecified atom stereocenters.